The van der Waals surface area contributed by atoms with Gasteiger partial charge in [0.25, 0.3) is 5.56 Å². The second-order valence-electron chi connectivity index (χ2n) is 7.31. The standard InChI is InChI=1S/C22H31N3O2/c1-23-15-17-24(18-16-23)13-5-2-3-7-19-27-21-11-9-20(10-12-21)25-14-6-4-8-22(25)26/h4,6,8-12,14H,2-3,5,7,13,15-19H2,1H3. The maximum Gasteiger partial charge on any atom is 0.255 e. The summed E-state index contributed by atoms with van der Waals surface area (Å²) < 4.78 is 7.46. The third-order valence-corrected chi connectivity index (χ3v) is 5.17. The van der Waals surface area contributed by atoms with Crippen molar-refractivity contribution in [3.8, 4) is 11.4 Å². The molecule has 0 amide bonds. The van der Waals surface area contributed by atoms with Crippen molar-refractivity contribution in [1.29, 1.82) is 0 Å². The molecule has 0 bridgehead atoms. The molecule has 0 radical (unpaired) electrons. The molecule has 1 aliphatic rings. The fourth-order valence-corrected chi connectivity index (χ4v) is 3.40. The zero-order valence-electron chi connectivity index (χ0n) is 16.3. The predicted molar refractivity (Wildman–Crippen MR) is 110 cm³/mol. The summed E-state index contributed by atoms with van der Waals surface area (Å²) in [5.41, 5.74) is 0.833. The Balaban J connectivity index is 1.29. The molecule has 1 aromatic carbocycles. The van der Waals surface area contributed by atoms with Crippen LogP contribution in [0.1, 0.15) is 25.7 Å². The number of rotatable bonds is 9. The Hall–Kier alpha value is -2.11. The van der Waals surface area contributed by atoms with Crippen LogP contribution in [0.3, 0.4) is 0 Å². The van der Waals surface area contributed by atoms with E-state index in [1.807, 2.05) is 30.3 Å². The fourth-order valence-electron chi connectivity index (χ4n) is 3.40. The van der Waals surface area contributed by atoms with E-state index in [0.29, 0.717) is 0 Å². The number of ether oxygens (including phenoxy) is 1. The zero-order valence-corrected chi connectivity index (χ0v) is 16.3. The number of unbranched alkanes of at least 4 members (excludes halogenated alkanes) is 3. The van der Waals surface area contributed by atoms with Crippen LogP contribution in [0, 0.1) is 0 Å². The van der Waals surface area contributed by atoms with Crippen molar-refractivity contribution < 1.29 is 4.74 Å². The SMILES string of the molecule is CN1CCN(CCCCCCOc2ccc(-n3ccccc3=O)cc2)CC1. The van der Waals surface area contributed by atoms with Gasteiger partial charge in [-0.15, -0.1) is 0 Å². The lowest BCUT2D eigenvalue weighted by atomic mass is 10.2. The average molecular weight is 370 g/mol. The molecule has 146 valence electrons. The lowest BCUT2D eigenvalue weighted by Gasteiger charge is -2.32. The van der Waals surface area contributed by atoms with E-state index in [9.17, 15) is 4.79 Å². The number of piperazine rings is 1. The highest BCUT2D eigenvalue weighted by atomic mass is 16.5. The highest BCUT2D eigenvalue weighted by molar-refractivity contribution is 5.37. The Kier molecular flexibility index (Phi) is 7.48. The van der Waals surface area contributed by atoms with Crippen LogP contribution in [0.15, 0.2) is 53.5 Å². The van der Waals surface area contributed by atoms with Gasteiger partial charge in [0.1, 0.15) is 5.75 Å². The van der Waals surface area contributed by atoms with E-state index < -0.39 is 0 Å². The van der Waals surface area contributed by atoms with Gasteiger partial charge in [-0.2, -0.15) is 0 Å². The molecule has 0 aliphatic carbocycles. The summed E-state index contributed by atoms with van der Waals surface area (Å²) in [6.07, 6.45) is 6.63. The summed E-state index contributed by atoms with van der Waals surface area (Å²) in [6.45, 7) is 6.81. The summed E-state index contributed by atoms with van der Waals surface area (Å²) in [4.78, 5) is 16.8. The minimum atomic E-state index is -0.0252. The number of benzene rings is 1. The molecule has 0 atom stereocenters. The van der Waals surface area contributed by atoms with Crippen molar-refractivity contribution in [2.45, 2.75) is 25.7 Å². The van der Waals surface area contributed by atoms with E-state index in [-0.39, 0.29) is 5.56 Å². The van der Waals surface area contributed by atoms with Crippen molar-refractivity contribution in [2.75, 3.05) is 46.4 Å². The first-order valence-electron chi connectivity index (χ1n) is 10.0. The molecule has 1 aromatic heterocycles. The summed E-state index contributed by atoms with van der Waals surface area (Å²) in [6, 6.07) is 12.9. The highest BCUT2D eigenvalue weighted by Gasteiger charge is 2.12. The third-order valence-electron chi connectivity index (χ3n) is 5.17. The molecular weight excluding hydrogens is 338 g/mol. The van der Waals surface area contributed by atoms with Gasteiger partial charge in [-0.3, -0.25) is 9.36 Å². The molecule has 0 unspecified atom stereocenters. The highest BCUT2D eigenvalue weighted by Crippen LogP contribution is 2.15. The normalized spacial score (nSPS) is 15.7. The van der Waals surface area contributed by atoms with Crippen molar-refractivity contribution in [2.24, 2.45) is 0 Å². The van der Waals surface area contributed by atoms with E-state index >= 15 is 0 Å². The largest absolute Gasteiger partial charge is 0.494 e. The number of nitrogens with zero attached hydrogens (tertiary/aromatic N) is 3. The van der Waals surface area contributed by atoms with E-state index in [4.69, 9.17) is 4.74 Å². The molecule has 0 saturated carbocycles. The summed E-state index contributed by atoms with van der Waals surface area (Å²) in [7, 11) is 2.20. The van der Waals surface area contributed by atoms with Gasteiger partial charge in [-0.25, -0.2) is 0 Å². The molecule has 0 spiro atoms. The molecule has 1 aliphatic heterocycles. The van der Waals surface area contributed by atoms with E-state index in [1.54, 1.807) is 22.9 Å². The molecule has 1 saturated heterocycles. The molecule has 5 heteroatoms. The number of hydrogen-bond acceptors (Lipinski definition) is 4. The Morgan fingerprint density at radius 2 is 1.63 bits per heavy atom. The second kappa shape index (κ2) is 10.3. The number of pyridine rings is 1. The quantitative estimate of drug-likeness (QED) is 0.637. The molecule has 0 N–H and O–H groups in total. The van der Waals surface area contributed by atoms with Crippen LogP contribution in [0.4, 0.5) is 0 Å². The van der Waals surface area contributed by atoms with Gasteiger partial charge in [0.05, 0.1) is 6.61 Å². The smallest absolute Gasteiger partial charge is 0.255 e. The minimum Gasteiger partial charge on any atom is -0.494 e. The second-order valence-corrected chi connectivity index (χ2v) is 7.31. The Labute approximate surface area is 162 Å². The maximum absolute atomic E-state index is 11.8. The van der Waals surface area contributed by atoms with Gasteiger partial charge < -0.3 is 14.5 Å². The monoisotopic (exact) mass is 369 g/mol. The number of aromatic nitrogens is 1. The summed E-state index contributed by atoms with van der Waals surface area (Å²) >= 11 is 0. The molecule has 1 fully saturated rings. The third kappa shape index (κ3) is 6.22. The minimum absolute atomic E-state index is 0.0252. The summed E-state index contributed by atoms with van der Waals surface area (Å²) in [5.74, 6) is 0.861. The van der Waals surface area contributed by atoms with Crippen LogP contribution in [0.2, 0.25) is 0 Å². The van der Waals surface area contributed by atoms with Gasteiger partial charge in [0.15, 0.2) is 0 Å². The van der Waals surface area contributed by atoms with Crippen LogP contribution >= 0.6 is 0 Å². The van der Waals surface area contributed by atoms with Crippen LogP contribution in [-0.2, 0) is 0 Å². The molecular formula is C22H31N3O2. The maximum atomic E-state index is 11.8. The van der Waals surface area contributed by atoms with Gasteiger partial charge in [-0.05, 0) is 56.8 Å². The van der Waals surface area contributed by atoms with Gasteiger partial charge in [-0.1, -0.05) is 18.9 Å². The van der Waals surface area contributed by atoms with E-state index in [1.165, 1.54) is 52.0 Å². The first-order chi connectivity index (χ1) is 13.2. The van der Waals surface area contributed by atoms with Gasteiger partial charge in [0.2, 0.25) is 0 Å². The Morgan fingerprint density at radius 3 is 2.37 bits per heavy atom. The predicted octanol–water partition coefficient (Wildman–Crippen LogP) is 3.02. The van der Waals surface area contributed by atoms with Gasteiger partial charge >= 0.3 is 0 Å². The van der Waals surface area contributed by atoms with Crippen LogP contribution in [0.5, 0.6) is 5.75 Å². The van der Waals surface area contributed by atoms with Crippen molar-refractivity contribution in [3.05, 3.63) is 59.0 Å². The van der Waals surface area contributed by atoms with E-state index in [2.05, 4.69) is 16.8 Å². The molecule has 5 nitrogen and oxygen atoms in total. The zero-order chi connectivity index (χ0) is 18.9. The molecule has 3 rings (SSSR count). The van der Waals surface area contributed by atoms with Crippen LogP contribution in [-0.4, -0.2) is 60.7 Å². The number of hydrogen-bond donors (Lipinski definition) is 0. The first kappa shape index (κ1) is 19.6. The summed E-state index contributed by atoms with van der Waals surface area (Å²) in [5, 5.41) is 0. The topological polar surface area (TPSA) is 37.7 Å². The van der Waals surface area contributed by atoms with Crippen LogP contribution < -0.4 is 10.3 Å². The van der Waals surface area contributed by atoms with E-state index in [0.717, 1.165) is 24.5 Å². The lowest BCUT2D eigenvalue weighted by molar-refractivity contribution is 0.151. The fraction of sp³-hybridized carbons (Fsp3) is 0.500. The van der Waals surface area contributed by atoms with Crippen molar-refractivity contribution >= 4 is 0 Å². The Bertz CT molecular complexity index is 734. The average Bonchev–Trinajstić information content (AvgIpc) is 2.70. The lowest BCUT2D eigenvalue weighted by Crippen LogP contribution is -2.44. The van der Waals surface area contributed by atoms with Crippen LogP contribution in [0.25, 0.3) is 5.69 Å². The first-order valence-corrected chi connectivity index (χ1v) is 10.0. The van der Waals surface area contributed by atoms with Gasteiger partial charge in [0, 0.05) is 44.1 Å². The molecule has 2 heterocycles. The Morgan fingerprint density at radius 1 is 0.889 bits per heavy atom. The van der Waals surface area contributed by atoms with Crippen molar-refractivity contribution in [1.82, 2.24) is 14.4 Å². The van der Waals surface area contributed by atoms with Crippen molar-refractivity contribution in [3.63, 3.8) is 0 Å². The number of likely N-dealkylation sites (N-methyl/N-ethyl adjacent to an activating group) is 1. The molecule has 27 heavy (non-hydrogen) atoms. The molecule has 2 aromatic rings.